The molecule has 3 N–H and O–H groups in total. The van der Waals surface area contributed by atoms with Gasteiger partial charge in [-0.2, -0.15) is 0 Å². The quantitative estimate of drug-likeness (QED) is 0.827. The number of carbonyl (C=O) groups is 1. The van der Waals surface area contributed by atoms with Gasteiger partial charge in [0.15, 0.2) is 0 Å². The third kappa shape index (κ3) is 3.33. The Bertz CT molecular complexity index is 478. The first-order chi connectivity index (χ1) is 9.33. The van der Waals surface area contributed by atoms with Gasteiger partial charge in [0.05, 0.1) is 0 Å². The van der Waals surface area contributed by atoms with Gasteiger partial charge in [-0.05, 0) is 50.2 Å². The Kier molecular flexibility index (Phi) is 4.07. The second-order valence-corrected chi connectivity index (χ2v) is 6.96. The maximum absolute atomic E-state index is 12.1. The van der Waals surface area contributed by atoms with Gasteiger partial charge in [0.25, 0.3) is 0 Å². The first-order valence-electron chi connectivity index (χ1n) is 7.48. The molecule has 1 amide bonds. The summed E-state index contributed by atoms with van der Waals surface area (Å²) in [6.07, 6.45) is 4.84. The molecule has 0 bridgehead atoms. The summed E-state index contributed by atoms with van der Waals surface area (Å²) in [5, 5.41) is 3.42. The zero-order valence-electron chi connectivity index (χ0n) is 12.8. The van der Waals surface area contributed by atoms with Crippen molar-refractivity contribution in [1.29, 1.82) is 0 Å². The molecule has 0 aliphatic heterocycles. The van der Waals surface area contributed by atoms with E-state index in [4.69, 9.17) is 5.73 Å². The maximum Gasteiger partial charge on any atom is 0.243 e. The second-order valence-electron chi connectivity index (χ2n) is 6.96. The Morgan fingerprint density at radius 1 is 1.10 bits per heavy atom. The van der Waals surface area contributed by atoms with Crippen LogP contribution in [0.5, 0.6) is 0 Å². The van der Waals surface area contributed by atoms with Crippen molar-refractivity contribution < 1.29 is 4.79 Å². The molecular formula is C17H26N2O. The molecule has 2 rings (SSSR count). The number of nitrogens with two attached hydrogens (primary N) is 1. The number of carbonyl (C=O) groups excluding carboxylic acids is 1. The molecule has 0 spiro atoms. The second kappa shape index (κ2) is 5.47. The van der Waals surface area contributed by atoms with E-state index in [-0.39, 0.29) is 5.91 Å². The van der Waals surface area contributed by atoms with E-state index in [2.05, 4.69) is 38.2 Å². The summed E-state index contributed by atoms with van der Waals surface area (Å²) in [4.78, 5) is 12.1. The predicted octanol–water partition coefficient (Wildman–Crippen LogP) is 3.62. The number of hydrogen-bond donors (Lipinski definition) is 2. The lowest BCUT2D eigenvalue weighted by atomic mass is 9.83. The standard InChI is InChI=1S/C17H26N2O/c1-13-5-7-14(8-6-13)19-17(15(18)20)10-4-9-16(2,3)11-12-17/h5-8,19H,4,9-12H2,1-3H3,(H2,18,20). The average molecular weight is 274 g/mol. The topological polar surface area (TPSA) is 55.1 Å². The molecule has 1 unspecified atom stereocenters. The Morgan fingerprint density at radius 3 is 2.35 bits per heavy atom. The molecular weight excluding hydrogens is 248 g/mol. The van der Waals surface area contributed by atoms with Crippen molar-refractivity contribution in [3.05, 3.63) is 29.8 Å². The van der Waals surface area contributed by atoms with Gasteiger partial charge in [-0.15, -0.1) is 0 Å². The fourth-order valence-corrected chi connectivity index (χ4v) is 3.02. The molecule has 20 heavy (non-hydrogen) atoms. The van der Waals surface area contributed by atoms with Crippen LogP contribution in [0.25, 0.3) is 0 Å². The van der Waals surface area contributed by atoms with Gasteiger partial charge >= 0.3 is 0 Å². The number of anilines is 1. The summed E-state index contributed by atoms with van der Waals surface area (Å²) >= 11 is 0. The molecule has 3 heteroatoms. The molecule has 0 heterocycles. The lowest BCUT2D eigenvalue weighted by molar-refractivity contribution is -0.122. The van der Waals surface area contributed by atoms with Gasteiger partial charge in [-0.1, -0.05) is 38.0 Å². The van der Waals surface area contributed by atoms with E-state index in [0.717, 1.165) is 37.8 Å². The Hall–Kier alpha value is -1.51. The SMILES string of the molecule is Cc1ccc(NC2(C(N)=O)CCCC(C)(C)CC2)cc1. The molecule has 1 fully saturated rings. The van der Waals surface area contributed by atoms with Crippen LogP contribution in [0, 0.1) is 12.3 Å². The predicted molar refractivity (Wildman–Crippen MR) is 83.6 cm³/mol. The van der Waals surface area contributed by atoms with Gasteiger partial charge in [-0.3, -0.25) is 4.79 Å². The summed E-state index contributed by atoms with van der Waals surface area (Å²) in [6, 6.07) is 8.15. The minimum Gasteiger partial charge on any atom is -0.371 e. The highest BCUT2D eigenvalue weighted by Gasteiger charge is 2.40. The molecule has 0 aromatic heterocycles. The maximum atomic E-state index is 12.1. The lowest BCUT2D eigenvalue weighted by Crippen LogP contribution is -2.50. The molecule has 1 aromatic carbocycles. The van der Waals surface area contributed by atoms with Crippen LogP contribution < -0.4 is 11.1 Å². The van der Waals surface area contributed by atoms with E-state index < -0.39 is 5.54 Å². The van der Waals surface area contributed by atoms with Crippen LogP contribution in [0.15, 0.2) is 24.3 Å². The van der Waals surface area contributed by atoms with Crippen molar-refractivity contribution in [3.63, 3.8) is 0 Å². The number of benzene rings is 1. The van der Waals surface area contributed by atoms with Crippen molar-refractivity contribution in [3.8, 4) is 0 Å². The Morgan fingerprint density at radius 2 is 1.75 bits per heavy atom. The zero-order chi connectivity index (χ0) is 14.8. The van der Waals surface area contributed by atoms with E-state index in [1.165, 1.54) is 5.56 Å². The lowest BCUT2D eigenvalue weighted by Gasteiger charge is -2.32. The van der Waals surface area contributed by atoms with Gasteiger partial charge in [-0.25, -0.2) is 0 Å². The molecule has 1 aliphatic carbocycles. The molecule has 1 aromatic rings. The molecule has 1 atom stereocenters. The van der Waals surface area contributed by atoms with Gasteiger partial charge in [0.2, 0.25) is 5.91 Å². The van der Waals surface area contributed by atoms with Crippen LogP contribution in [0.3, 0.4) is 0 Å². The summed E-state index contributed by atoms with van der Waals surface area (Å²) in [5.41, 5.74) is 7.63. The number of amides is 1. The summed E-state index contributed by atoms with van der Waals surface area (Å²) in [5.74, 6) is -0.226. The summed E-state index contributed by atoms with van der Waals surface area (Å²) < 4.78 is 0. The van der Waals surface area contributed by atoms with Crippen molar-refractivity contribution in [2.75, 3.05) is 5.32 Å². The van der Waals surface area contributed by atoms with Crippen LogP contribution in [0.2, 0.25) is 0 Å². The first-order valence-corrected chi connectivity index (χ1v) is 7.48. The highest BCUT2D eigenvalue weighted by Crippen LogP contribution is 2.39. The minimum atomic E-state index is -0.594. The monoisotopic (exact) mass is 274 g/mol. The normalized spacial score (nSPS) is 25.8. The third-order valence-corrected chi connectivity index (χ3v) is 4.59. The molecule has 0 saturated heterocycles. The number of primary amides is 1. The van der Waals surface area contributed by atoms with E-state index in [9.17, 15) is 4.79 Å². The van der Waals surface area contributed by atoms with E-state index >= 15 is 0 Å². The Labute approximate surface area is 121 Å². The average Bonchev–Trinajstić information content (AvgIpc) is 2.52. The molecule has 110 valence electrons. The van der Waals surface area contributed by atoms with Gasteiger partial charge in [0, 0.05) is 5.69 Å². The number of rotatable bonds is 3. The zero-order valence-corrected chi connectivity index (χ0v) is 12.8. The minimum absolute atomic E-state index is 0.226. The van der Waals surface area contributed by atoms with Crippen molar-refractivity contribution in [2.24, 2.45) is 11.1 Å². The van der Waals surface area contributed by atoms with Gasteiger partial charge < -0.3 is 11.1 Å². The number of aryl methyl sites for hydroxylation is 1. The molecule has 3 nitrogen and oxygen atoms in total. The van der Waals surface area contributed by atoms with E-state index in [1.807, 2.05) is 12.1 Å². The fraction of sp³-hybridized carbons (Fsp3) is 0.588. The number of nitrogens with one attached hydrogen (secondary N) is 1. The number of hydrogen-bond acceptors (Lipinski definition) is 2. The van der Waals surface area contributed by atoms with Crippen LogP contribution in [0.1, 0.15) is 51.5 Å². The third-order valence-electron chi connectivity index (χ3n) is 4.59. The Balaban J connectivity index is 2.21. The van der Waals surface area contributed by atoms with Crippen LogP contribution in [-0.2, 0) is 4.79 Å². The van der Waals surface area contributed by atoms with Crippen LogP contribution >= 0.6 is 0 Å². The van der Waals surface area contributed by atoms with Crippen LogP contribution in [0.4, 0.5) is 5.69 Å². The summed E-state index contributed by atoms with van der Waals surface area (Å²) in [7, 11) is 0. The highest BCUT2D eigenvalue weighted by molar-refractivity contribution is 5.88. The van der Waals surface area contributed by atoms with Crippen molar-refractivity contribution >= 4 is 11.6 Å². The largest absolute Gasteiger partial charge is 0.371 e. The van der Waals surface area contributed by atoms with E-state index in [1.54, 1.807) is 0 Å². The molecule has 0 radical (unpaired) electrons. The summed E-state index contributed by atoms with van der Waals surface area (Å²) in [6.45, 7) is 6.60. The van der Waals surface area contributed by atoms with Gasteiger partial charge in [0.1, 0.15) is 5.54 Å². The smallest absolute Gasteiger partial charge is 0.243 e. The van der Waals surface area contributed by atoms with E-state index in [0.29, 0.717) is 5.41 Å². The van der Waals surface area contributed by atoms with Crippen molar-refractivity contribution in [2.45, 2.75) is 58.4 Å². The first kappa shape index (κ1) is 14.9. The van der Waals surface area contributed by atoms with Crippen LogP contribution in [-0.4, -0.2) is 11.4 Å². The van der Waals surface area contributed by atoms with Crippen molar-refractivity contribution in [1.82, 2.24) is 0 Å². The molecule has 1 saturated carbocycles. The highest BCUT2D eigenvalue weighted by atomic mass is 16.1. The fourth-order valence-electron chi connectivity index (χ4n) is 3.02. The molecule has 1 aliphatic rings.